The van der Waals surface area contributed by atoms with Crippen LogP contribution >= 0.6 is 0 Å². The first-order valence-electron chi connectivity index (χ1n) is 6.03. The van der Waals surface area contributed by atoms with E-state index in [4.69, 9.17) is 5.73 Å². The van der Waals surface area contributed by atoms with Gasteiger partial charge in [-0.1, -0.05) is 33.6 Å². The average molecular weight is 198 g/mol. The zero-order chi connectivity index (χ0) is 10.7. The summed E-state index contributed by atoms with van der Waals surface area (Å²) in [7, 11) is 0. The predicted octanol–water partition coefficient (Wildman–Crippen LogP) is 2.28. The van der Waals surface area contributed by atoms with Crippen molar-refractivity contribution < 1.29 is 0 Å². The molecule has 0 radical (unpaired) electrons. The molecule has 14 heavy (non-hydrogen) atoms. The van der Waals surface area contributed by atoms with Gasteiger partial charge >= 0.3 is 0 Å². The van der Waals surface area contributed by atoms with Gasteiger partial charge in [0.2, 0.25) is 0 Å². The monoisotopic (exact) mass is 198 g/mol. The average Bonchev–Trinajstić information content (AvgIpc) is 2.16. The van der Waals surface area contributed by atoms with E-state index in [-0.39, 0.29) is 5.54 Å². The summed E-state index contributed by atoms with van der Waals surface area (Å²) >= 11 is 0. The third-order valence-electron chi connectivity index (χ3n) is 4.01. The summed E-state index contributed by atoms with van der Waals surface area (Å²) in [5.41, 5.74) is 6.54. The van der Waals surface area contributed by atoms with Crippen LogP contribution in [0.2, 0.25) is 0 Å². The first kappa shape index (κ1) is 12.0. The topological polar surface area (TPSA) is 38.0 Å². The zero-order valence-corrected chi connectivity index (χ0v) is 10.0. The van der Waals surface area contributed by atoms with Crippen LogP contribution in [0.15, 0.2) is 0 Å². The highest BCUT2D eigenvalue weighted by molar-refractivity contribution is 5.03. The van der Waals surface area contributed by atoms with Crippen LogP contribution in [0.5, 0.6) is 0 Å². The van der Waals surface area contributed by atoms with Crippen LogP contribution in [0.1, 0.15) is 52.9 Å². The standard InChI is InChI=1S/C12H26N2/c1-4-9-14-12(10-13)8-6-5-7-11(12,2)3/h14H,4-10,13H2,1-3H3. The lowest BCUT2D eigenvalue weighted by molar-refractivity contribution is 0.0694. The number of hydrogen-bond acceptors (Lipinski definition) is 2. The van der Waals surface area contributed by atoms with Crippen molar-refractivity contribution >= 4 is 0 Å². The lowest BCUT2D eigenvalue weighted by Crippen LogP contribution is -2.62. The summed E-state index contributed by atoms with van der Waals surface area (Å²) in [6, 6.07) is 0. The summed E-state index contributed by atoms with van der Waals surface area (Å²) in [6.07, 6.45) is 6.44. The first-order chi connectivity index (χ1) is 6.58. The molecule has 2 nitrogen and oxygen atoms in total. The zero-order valence-electron chi connectivity index (χ0n) is 10.0. The third-order valence-corrected chi connectivity index (χ3v) is 4.01. The molecule has 0 aromatic heterocycles. The lowest BCUT2D eigenvalue weighted by atomic mass is 9.63. The predicted molar refractivity (Wildman–Crippen MR) is 62.3 cm³/mol. The van der Waals surface area contributed by atoms with Crippen molar-refractivity contribution in [1.82, 2.24) is 5.32 Å². The minimum Gasteiger partial charge on any atom is -0.329 e. The molecule has 1 fully saturated rings. The smallest absolute Gasteiger partial charge is 0.0355 e. The van der Waals surface area contributed by atoms with Crippen LogP contribution in [-0.2, 0) is 0 Å². The molecule has 2 heteroatoms. The first-order valence-corrected chi connectivity index (χ1v) is 6.03. The Balaban J connectivity index is 2.72. The summed E-state index contributed by atoms with van der Waals surface area (Å²) < 4.78 is 0. The molecular weight excluding hydrogens is 172 g/mol. The lowest BCUT2D eigenvalue weighted by Gasteiger charge is -2.50. The third kappa shape index (κ3) is 2.12. The Bertz CT molecular complexity index is 177. The molecule has 0 aromatic rings. The molecule has 1 unspecified atom stereocenters. The van der Waals surface area contributed by atoms with Gasteiger partial charge in [-0.15, -0.1) is 0 Å². The highest BCUT2D eigenvalue weighted by Gasteiger charge is 2.44. The van der Waals surface area contributed by atoms with Crippen molar-refractivity contribution in [2.45, 2.75) is 58.4 Å². The van der Waals surface area contributed by atoms with E-state index in [0.717, 1.165) is 13.1 Å². The molecule has 1 aliphatic carbocycles. The largest absolute Gasteiger partial charge is 0.329 e. The molecule has 0 amide bonds. The maximum absolute atomic E-state index is 5.99. The second-order valence-electron chi connectivity index (χ2n) is 5.30. The summed E-state index contributed by atoms with van der Waals surface area (Å²) in [6.45, 7) is 8.82. The highest BCUT2D eigenvalue weighted by Crippen LogP contribution is 2.43. The molecule has 0 aromatic carbocycles. The number of nitrogens with two attached hydrogens (primary N) is 1. The van der Waals surface area contributed by atoms with Crippen molar-refractivity contribution in [2.24, 2.45) is 11.1 Å². The number of rotatable bonds is 4. The maximum atomic E-state index is 5.99. The SMILES string of the molecule is CCCNC1(CN)CCCCC1(C)C. The van der Waals surface area contributed by atoms with E-state index < -0.39 is 0 Å². The van der Waals surface area contributed by atoms with E-state index in [0.29, 0.717) is 5.41 Å². The molecule has 1 atom stereocenters. The van der Waals surface area contributed by atoms with E-state index in [1.54, 1.807) is 0 Å². The molecule has 1 aliphatic rings. The van der Waals surface area contributed by atoms with Crippen molar-refractivity contribution in [1.29, 1.82) is 0 Å². The minimum absolute atomic E-state index is 0.196. The Labute approximate surface area is 88.6 Å². The molecule has 0 aliphatic heterocycles. The second-order valence-corrected chi connectivity index (χ2v) is 5.30. The fraction of sp³-hybridized carbons (Fsp3) is 1.00. The van der Waals surface area contributed by atoms with E-state index in [9.17, 15) is 0 Å². The van der Waals surface area contributed by atoms with Gasteiger partial charge in [0.25, 0.3) is 0 Å². The van der Waals surface area contributed by atoms with Crippen LogP contribution < -0.4 is 11.1 Å². The van der Waals surface area contributed by atoms with Gasteiger partial charge < -0.3 is 11.1 Å². The van der Waals surface area contributed by atoms with Gasteiger partial charge in [0.15, 0.2) is 0 Å². The van der Waals surface area contributed by atoms with Gasteiger partial charge in [0.05, 0.1) is 0 Å². The summed E-state index contributed by atoms with van der Waals surface area (Å²) in [5, 5.41) is 3.70. The van der Waals surface area contributed by atoms with Gasteiger partial charge in [0.1, 0.15) is 0 Å². The molecule has 1 rings (SSSR count). The molecule has 0 bridgehead atoms. The minimum atomic E-state index is 0.196. The van der Waals surface area contributed by atoms with Gasteiger partial charge in [-0.05, 0) is 31.2 Å². The van der Waals surface area contributed by atoms with Gasteiger partial charge in [-0.25, -0.2) is 0 Å². The fourth-order valence-electron chi connectivity index (χ4n) is 2.71. The number of nitrogens with one attached hydrogen (secondary N) is 1. The van der Waals surface area contributed by atoms with E-state index in [1.807, 2.05) is 0 Å². The van der Waals surface area contributed by atoms with Crippen molar-refractivity contribution in [3.8, 4) is 0 Å². The fourth-order valence-corrected chi connectivity index (χ4v) is 2.71. The van der Waals surface area contributed by atoms with Crippen LogP contribution in [-0.4, -0.2) is 18.6 Å². The normalized spacial score (nSPS) is 31.7. The van der Waals surface area contributed by atoms with Gasteiger partial charge in [-0.2, -0.15) is 0 Å². The molecule has 84 valence electrons. The second kappa shape index (κ2) is 4.63. The van der Waals surface area contributed by atoms with Gasteiger partial charge in [-0.3, -0.25) is 0 Å². The molecular formula is C12H26N2. The van der Waals surface area contributed by atoms with Gasteiger partial charge in [0, 0.05) is 12.1 Å². The highest BCUT2D eigenvalue weighted by atomic mass is 15.0. The Morgan fingerprint density at radius 1 is 1.21 bits per heavy atom. The van der Waals surface area contributed by atoms with Crippen LogP contribution in [0.25, 0.3) is 0 Å². The van der Waals surface area contributed by atoms with Crippen LogP contribution in [0.4, 0.5) is 0 Å². The Morgan fingerprint density at radius 3 is 2.36 bits per heavy atom. The Kier molecular flexibility index (Phi) is 3.96. The molecule has 3 N–H and O–H groups in total. The maximum Gasteiger partial charge on any atom is 0.0355 e. The molecule has 0 spiro atoms. The van der Waals surface area contributed by atoms with E-state index in [1.165, 1.54) is 32.1 Å². The van der Waals surface area contributed by atoms with Crippen molar-refractivity contribution in [3.05, 3.63) is 0 Å². The van der Waals surface area contributed by atoms with Crippen molar-refractivity contribution in [2.75, 3.05) is 13.1 Å². The summed E-state index contributed by atoms with van der Waals surface area (Å²) in [5.74, 6) is 0. The van der Waals surface area contributed by atoms with Crippen molar-refractivity contribution in [3.63, 3.8) is 0 Å². The van der Waals surface area contributed by atoms with E-state index >= 15 is 0 Å². The quantitative estimate of drug-likeness (QED) is 0.727. The summed E-state index contributed by atoms with van der Waals surface area (Å²) in [4.78, 5) is 0. The van der Waals surface area contributed by atoms with Crippen LogP contribution in [0, 0.1) is 5.41 Å². The Morgan fingerprint density at radius 2 is 1.86 bits per heavy atom. The Hall–Kier alpha value is -0.0800. The molecule has 0 saturated heterocycles. The van der Waals surface area contributed by atoms with Crippen LogP contribution in [0.3, 0.4) is 0 Å². The van der Waals surface area contributed by atoms with E-state index in [2.05, 4.69) is 26.1 Å². The molecule has 1 saturated carbocycles. The molecule has 0 heterocycles. The number of hydrogen-bond donors (Lipinski definition) is 2.